The molecule has 3 unspecified atom stereocenters. The number of carbonyl (C=O) groups excluding carboxylic acids is 2. The standard InChI is InChI=1S/C33H36N6O3/c1-4-20(2)30(38-33(41)42-3)32(40)39-14-6-5-7-29(39)31-36-26-13-12-24(17-27(26)37-31)22-8-9-23-16-25(11-10-21(23)15-22)28-18-34-19-35-28/h8-13,15-20,29-30H,4-7,14H2,1-3H3,(H,34,35)(H,36,37)(H,38,41). The summed E-state index contributed by atoms with van der Waals surface area (Å²) in [6.45, 7) is 4.62. The van der Waals surface area contributed by atoms with Gasteiger partial charge in [-0.25, -0.2) is 14.8 Å². The van der Waals surface area contributed by atoms with Gasteiger partial charge in [0, 0.05) is 12.1 Å². The summed E-state index contributed by atoms with van der Waals surface area (Å²) in [5.41, 5.74) is 6.10. The number of nitrogens with one attached hydrogen (secondary N) is 3. The van der Waals surface area contributed by atoms with Crippen molar-refractivity contribution in [3.8, 4) is 22.4 Å². The van der Waals surface area contributed by atoms with Crippen molar-refractivity contribution >= 4 is 33.8 Å². The van der Waals surface area contributed by atoms with E-state index in [1.807, 2.05) is 31.0 Å². The lowest BCUT2D eigenvalue weighted by molar-refractivity contribution is -0.138. The molecule has 1 aliphatic rings. The molecule has 9 nitrogen and oxygen atoms in total. The van der Waals surface area contributed by atoms with Crippen LogP contribution in [0.2, 0.25) is 0 Å². The number of imidazole rings is 2. The SMILES string of the molecule is CCC(C)C(NC(=O)OC)C(=O)N1CCCCC1c1nc2ccc(-c3ccc4cc(-c5cnc[nH]5)ccc4c3)cc2[nH]1. The molecule has 9 heteroatoms. The maximum absolute atomic E-state index is 13.8. The number of ether oxygens (including phenoxy) is 1. The number of nitrogens with zero attached hydrogens (tertiary/aromatic N) is 3. The van der Waals surface area contributed by atoms with Gasteiger partial charge < -0.3 is 24.9 Å². The number of aromatic amines is 2. The van der Waals surface area contributed by atoms with E-state index in [2.05, 4.69) is 68.8 Å². The second-order valence-corrected chi connectivity index (χ2v) is 11.1. The molecule has 3 N–H and O–H groups in total. The minimum absolute atomic E-state index is 0.0311. The van der Waals surface area contributed by atoms with Crippen LogP contribution in [0.4, 0.5) is 4.79 Å². The zero-order valence-corrected chi connectivity index (χ0v) is 24.2. The van der Waals surface area contributed by atoms with Gasteiger partial charge >= 0.3 is 6.09 Å². The fraction of sp³-hybridized carbons (Fsp3) is 0.333. The Kier molecular flexibility index (Phi) is 7.65. The van der Waals surface area contributed by atoms with E-state index < -0.39 is 12.1 Å². The number of methoxy groups -OCH3 is 1. The molecular formula is C33H36N6O3. The zero-order chi connectivity index (χ0) is 29.2. The highest BCUT2D eigenvalue weighted by atomic mass is 16.5. The van der Waals surface area contributed by atoms with Crippen LogP contribution in [-0.4, -0.2) is 56.5 Å². The van der Waals surface area contributed by atoms with Gasteiger partial charge in [0.25, 0.3) is 0 Å². The third-order valence-corrected chi connectivity index (χ3v) is 8.52. The summed E-state index contributed by atoms with van der Waals surface area (Å²) >= 11 is 0. The average molecular weight is 565 g/mol. The van der Waals surface area contributed by atoms with E-state index in [0.29, 0.717) is 6.54 Å². The first-order valence-electron chi connectivity index (χ1n) is 14.6. The molecule has 6 rings (SSSR count). The Morgan fingerprint density at radius 1 is 1.05 bits per heavy atom. The molecule has 216 valence electrons. The van der Waals surface area contributed by atoms with Crippen LogP contribution in [0, 0.1) is 5.92 Å². The van der Waals surface area contributed by atoms with Crippen LogP contribution in [0.5, 0.6) is 0 Å². The number of aromatic nitrogens is 4. The normalized spacial score (nSPS) is 16.8. The van der Waals surface area contributed by atoms with Crippen LogP contribution >= 0.6 is 0 Å². The average Bonchev–Trinajstić information content (AvgIpc) is 3.73. The number of fused-ring (bicyclic) bond motifs is 2. The Labute approximate surface area is 244 Å². The van der Waals surface area contributed by atoms with Crippen molar-refractivity contribution in [1.29, 1.82) is 0 Å². The maximum atomic E-state index is 13.8. The van der Waals surface area contributed by atoms with Gasteiger partial charge in [-0.1, -0.05) is 50.6 Å². The second-order valence-electron chi connectivity index (χ2n) is 11.1. The number of carbonyl (C=O) groups is 2. The lowest BCUT2D eigenvalue weighted by atomic mass is 9.94. The Morgan fingerprint density at radius 2 is 1.79 bits per heavy atom. The van der Waals surface area contributed by atoms with E-state index in [9.17, 15) is 9.59 Å². The molecular weight excluding hydrogens is 528 g/mol. The fourth-order valence-electron chi connectivity index (χ4n) is 5.90. The summed E-state index contributed by atoms with van der Waals surface area (Å²) in [5.74, 6) is 0.657. The molecule has 1 saturated heterocycles. The molecule has 0 spiro atoms. The highest BCUT2D eigenvalue weighted by Crippen LogP contribution is 2.34. The van der Waals surface area contributed by atoms with E-state index in [1.165, 1.54) is 7.11 Å². The molecule has 0 aliphatic carbocycles. The van der Waals surface area contributed by atoms with Gasteiger partial charge in [-0.3, -0.25) is 4.79 Å². The predicted molar refractivity (Wildman–Crippen MR) is 164 cm³/mol. The molecule has 0 radical (unpaired) electrons. The van der Waals surface area contributed by atoms with Crippen molar-refractivity contribution < 1.29 is 14.3 Å². The predicted octanol–water partition coefficient (Wildman–Crippen LogP) is 6.60. The molecule has 0 bridgehead atoms. The van der Waals surface area contributed by atoms with Crippen LogP contribution in [0.1, 0.15) is 51.4 Å². The van der Waals surface area contributed by atoms with Gasteiger partial charge in [0.1, 0.15) is 11.9 Å². The largest absolute Gasteiger partial charge is 0.453 e. The molecule has 0 saturated carbocycles. The Balaban J connectivity index is 1.28. The summed E-state index contributed by atoms with van der Waals surface area (Å²) in [4.78, 5) is 43.5. The Hall–Kier alpha value is -4.66. The quantitative estimate of drug-likeness (QED) is 0.206. The highest BCUT2D eigenvalue weighted by molar-refractivity contribution is 5.92. The van der Waals surface area contributed by atoms with Crippen molar-refractivity contribution in [2.75, 3.05) is 13.7 Å². The Morgan fingerprint density at radius 3 is 2.52 bits per heavy atom. The van der Waals surface area contributed by atoms with Crippen molar-refractivity contribution in [1.82, 2.24) is 30.2 Å². The smallest absolute Gasteiger partial charge is 0.407 e. The van der Waals surface area contributed by atoms with Crippen molar-refractivity contribution in [2.24, 2.45) is 5.92 Å². The molecule has 1 fully saturated rings. The number of H-pyrrole nitrogens is 2. The number of piperidine rings is 1. The van der Waals surface area contributed by atoms with E-state index in [1.54, 1.807) is 6.33 Å². The molecule has 5 aromatic rings. The summed E-state index contributed by atoms with van der Waals surface area (Å²) < 4.78 is 4.81. The summed E-state index contributed by atoms with van der Waals surface area (Å²) in [7, 11) is 1.32. The first-order valence-corrected chi connectivity index (χ1v) is 14.6. The van der Waals surface area contributed by atoms with Crippen molar-refractivity contribution in [2.45, 2.75) is 51.6 Å². The number of amides is 2. The number of hydrogen-bond acceptors (Lipinski definition) is 5. The molecule has 3 heterocycles. The third-order valence-electron chi connectivity index (χ3n) is 8.52. The number of alkyl carbamates (subject to hydrolysis) is 1. The molecule has 3 atom stereocenters. The summed E-state index contributed by atoms with van der Waals surface area (Å²) in [5, 5.41) is 5.10. The summed E-state index contributed by atoms with van der Waals surface area (Å²) in [6, 6.07) is 18.3. The van der Waals surface area contributed by atoms with Crippen LogP contribution in [0.3, 0.4) is 0 Å². The zero-order valence-electron chi connectivity index (χ0n) is 24.2. The molecule has 3 aromatic carbocycles. The van der Waals surface area contributed by atoms with Gasteiger partial charge in [-0.05, 0) is 71.3 Å². The minimum Gasteiger partial charge on any atom is -0.453 e. The van der Waals surface area contributed by atoms with Gasteiger partial charge in [0.15, 0.2) is 0 Å². The van der Waals surface area contributed by atoms with Gasteiger partial charge in [-0.15, -0.1) is 0 Å². The number of likely N-dealkylation sites (tertiary alicyclic amines) is 1. The Bertz CT molecular complexity index is 1730. The van der Waals surface area contributed by atoms with Gasteiger partial charge in [0.2, 0.25) is 5.91 Å². The summed E-state index contributed by atoms with van der Waals surface area (Å²) in [6.07, 6.45) is 6.43. The lowest BCUT2D eigenvalue weighted by Gasteiger charge is -2.38. The van der Waals surface area contributed by atoms with Crippen molar-refractivity contribution in [3.63, 3.8) is 0 Å². The van der Waals surface area contributed by atoms with E-state index in [-0.39, 0.29) is 17.9 Å². The number of hydrogen-bond donors (Lipinski definition) is 3. The molecule has 2 aromatic heterocycles. The van der Waals surface area contributed by atoms with E-state index >= 15 is 0 Å². The number of rotatable bonds is 7. The third kappa shape index (κ3) is 5.34. The molecule has 2 amide bonds. The van der Waals surface area contributed by atoms with Gasteiger partial charge in [0.05, 0.1) is 42.4 Å². The second kappa shape index (κ2) is 11.7. The minimum atomic E-state index is -0.650. The van der Waals surface area contributed by atoms with Crippen LogP contribution in [-0.2, 0) is 9.53 Å². The topological polar surface area (TPSA) is 116 Å². The van der Waals surface area contributed by atoms with E-state index in [0.717, 1.165) is 75.7 Å². The molecule has 1 aliphatic heterocycles. The lowest BCUT2D eigenvalue weighted by Crippen LogP contribution is -2.53. The van der Waals surface area contributed by atoms with Crippen LogP contribution < -0.4 is 5.32 Å². The highest BCUT2D eigenvalue weighted by Gasteiger charge is 2.36. The maximum Gasteiger partial charge on any atom is 0.407 e. The van der Waals surface area contributed by atoms with Crippen LogP contribution in [0.15, 0.2) is 67.1 Å². The first-order chi connectivity index (χ1) is 20.4. The molecule has 42 heavy (non-hydrogen) atoms. The van der Waals surface area contributed by atoms with Crippen molar-refractivity contribution in [3.05, 3.63) is 72.9 Å². The first kappa shape index (κ1) is 27.5. The number of benzene rings is 3. The fourth-order valence-corrected chi connectivity index (χ4v) is 5.90. The van der Waals surface area contributed by atoms with Crippen LogP contribution in [0.25, 0.3) is 44.2 Å². The van der Waals surface area contributed by atoms with E-state index in [4.69, 9.17) is 9.72 Å². The van der Waals surface area contributed by atoms with Gasteiger partial charge in [-0.2, -0.15) is 0 Å². The monoisotopic (exact) mass is 564 g/mol.